The van der Waals surface area contributed by atoms with Crippen LogP contribution in [-0.2, 0) is 45.7 Å². The summed E-state index contributed by atoms with van der Waals surface area (Å²) < 4.78 is 1.47. The first-order valence-electron chi connectivity index (χ1n) is 9.90. The van der Waals surface area contributed by atoms with E-state index in [1.807, 2.05) is 75.4 Å². The Labute approximate surface area is 206 Å². The Morgan fingerprint density at radius 2 is 1.57 bits per heavy atom. The number of aromatic nitrogens is 2. The summed E-state index contributed by atoms with van der Waals surface area (Å²) in [5.41, 5.74) is 3.34. The Morgan fingerprint density at radius 1 is 1.00 bits per heavy atom. The van der Waals surface area contributed by atoms with Gasteiger partial charge in [-0.25, -0.2) is 4.68 Å². The fourth-order valence-corrected chi connectivity index (χ4v) is 3.10. The van der Waals surface area contributed by atoms with Gasteiger partial charge in [-0.3, -0.25) is 4.79 Å². The molecule has 0 unspecified atom stereocenters. The van der Waals surface area contributed by atoms with E-state index < -0.39 is 0 Å². The van der Waals surface area contributed by atoms with Gasteiger partial charge in [0, 0.05) is 32.7 Å². The molecular formula is C25H33N2O2Y-. The van der Waals surface area contributed by atoms with Crippen LogP contribution in [0.25, 0.3) is 11.1 Å². The van der Waals surface area contributed by atoms with E-state index in [0.29, 0.717) is 30.1 Å². The molecule has 0 aliphatic heterocycles. The maximum Gasteiger partial charge on any atom is 0.278 e. The van der Waals surface area contributed by atoms with Gasteiger partial charge >= 0.3 is 0 Å². The normalized spacial score (nSPS) is 9.80. The third-order valence-electron chi connectivity index (χ3n) is 4.39. The molecule has 0 aliphatic rings. The van der Waals surface area contributed by atoms with Gasteiger partial charge in [-0.15, -0.1) is 0 Å². The van der Waals surface area contributed by atoms with E-state index in [1.54, 1.807) is 0 Å². The van der Waals surface area contributed by atoms with Crippen LogP contribution >= 0.6 is 0 Å². The van der Waals surface area contributed by atoms with E-state index in [-0.39, 0.29) is 51.4 Å². The molecule has 0 bridgehead atoms. The van der Waals surface area contributed by atoms with Gasteiger partial charge in [-0.2, -0.15) is 5.10 Å². The quantitative estimate of drug-likeness (QED) is 0.479. The number of hydrogen-bond acceptors (Lipinski definition) is 3. The Kier molecular flexibility index (Phi) is 12.7. The van der Waals surface area contributed by atoms with Crippen LogP contribution < -0.4 is 5.56 Å². The summed E-state index contributed by atoms with van der Waals surface area (Å²) in [5.74, 6) is 0.322. The Bertz CT molecular complexity index is 967. The predicted molar refractivity (Wildman–Crippen MR) is 122 cm³/mol. The van der Waals surface area contributed by atoms with Crippen LogP contribution in [0.15, 0.2) is 59.4 Å². The molecule has 4 nitrogen and oxygen atoms in total. The van der Waals surface area contributed by atoms with Crippen molar-refractivity contribution in [2.24, 2.45) is 5.92 Å². The van der Waals surface area contributed by atoms with E-state index in [9.17, 15) is 9.90 Å². The minimum Gasteiger partial charge on any atom is -0.505 e. The van der Waals surface area contributed by atoms with Crippen molar-refractivity contribution in [2.75, 3.05) is 0 Å². The molecule has 0 saturated carbocycles. The maximum absolute atomic E-state index is 13.1. The topological polar surface area (TPSA) is 55.1 Å². The van der Waals surface area contributed by atoms with Gasteiger partial charge in [-0.05, 0) is 36.0 Å². The fourth-order valence-electron chi connectivity index (χ4n) is 3.10. The van der Waals surface area contributed by atoms with Crippen LogP contribution in [0.4, 0.5) is 0 Å². The van der Waals surface area contributed by atoms with Crippen LogP contribution in [0.3, 0.4) is 0 Å². The van der Waals surface area contributed by atoms with Crippen molar-refractivity contribution in [3.05, 3.63) is 89.2 Å². The average molecular weight is 482 g/mol. The van der Waals surface area contributed by atoms with Crippen molar-refractivity contribution in [3.8, 4) is 16.9 Å². The Morgan fingerprint density at radius 3 is 2.13 bits per heavy atom. The molecule has 0 aliphatic carbocycles. The van der Waals surface area contributed by atoms with Crippen molar-refractivity contribution < 1.29 is 37.8 Å². The van der Waals surface area contributed by atoms with Gasteiger partial charge < -0.3 is 12.5 Å². The summed E-state index contributed by atoms with van der Waals surface area (Å²) in [7, 11) is 0. The zero-order valence-electron chi connectivity index (χ0n) is 19.0. The number of nitrogens with zero attached hydrogens (tertiary/aromatic N) is 2. The summed E-state index contributed by atoms with van der Waals surface area (Å²) in [6.07, 6.45) is 0.611. The molecular weight excluding hydrogens is 449 g/mol. The first-order chi connectivity index (χ1) is 13.5. The van der Waals surface area contributed by atoms with Gasteiger partial charge in [0.05, 0.1) is 12.1 Å². The molecule has 1 radical (unpaired) electrons. The van der Waals surface area contributed by atoms with Crippen LogP contribution in [0.1, 0.15) is 44.5 Å². The SMILES string of the molecule is CC.Cc1ccccc1-c1c(O)c(CC(C)C)nn(Cc2ccccc2)c1=O.[CH3-].[Y]. The molecule has 0 amide bonds. The molecule has 2 aromatic carbocycles. The van der Waals surface area contributed by atoms with Gasteiger partial charge in [0.25, 0.3) is 5.56 Å². The summed E-state index contributed by atoms with van der Waals surface area (Å²) in [6.45, 7) is 10.5. The summed E-state index contributed by atoms with van der Waals surface area (Å²) >= 11 is 0. The number of aryl methyl sites for hydroxylation is 1. The smallest absolute Gasteiger partial charge is 0.278 e. The van der Waals surface area contributed by atoms with Gasteiger partial charge in [0.2, 0.25) is 0 Å². The molecule has 0 saturated heterocycles. The second-order valence-electron chi connectivity index (χ2n) is 7.03. The van der Waals surface area contributed by atoms with Crippen molar-refractivity contribution in [2.45, 2.75) is 47.6 Å². The molecule has 30 heavy (non-hydrogen) atoms. The van der Waals surface area contributed by atoms with Crippen LogP contribution in [-0.4, -0.2) is 14.9 Å². The van der Waals surface area contributed by atoms with Gasteiger partial charge in [0.1, 0.15) is 5.69 Å². The molecule has 159 valence electrons. The Balaban J connectivity index is 0.00000204. The van der Waals surface area contributed by atoms with E-state index in [0.717, 1.165) is 16.7 Å². The van der Waals surface area contributed by atoms with E-state index in [4.69, 9.17) is 0 Å². The van der Waals surface area contributed by atoms with Crippen molar-refractivity contribution >= 4 is 0 Å². The average Bonchev–Trinajstić information content (AvgIpc) is 2.69. The molecule has 1 heterocycles. The molecule has 0 spiro atoms. The third-order valence-corrected chi connectivity index (χ3v) is 4.39. The standard InChI is InChI=1S/C22H24N2O2.C2H6.CH3.Y/c1-15(2)13-19-21(25)20(18-12-8-7-9-16(18)3)22(26)24(23-19)14-17-10-5-4-6-11-17;1-2;;/h4-12,15,25H,13-14H2,1-3H3;1-2H3;1H3;/q;;-1;. The predicted octanol–water partition coefficient (Wildman–Crippen LogP) is 5.65. The molecule has 3 rings (SSSR count). The van der Waals surface area contributed by atoms with Crippen LogP contribution in [0.5, 0.6) is 5.75 Å². The second-order valence-corrected chi connectivity index (χ2v) is 7.03. The van der Waals surface area contributed by atoms with Crippen LogP contribution in [0.2, 0.25) is 0 Å². The zero-order valence-corrected chi connectivity index (χ0v) is 21.9. The fraction of sp³-hybridized carbons (Fsp3) is 0.320. The molecule has 1 aromatic heterocycles. The van der Waals surface area contributed by atoms with Crippen molar-refractivity contribution in [1.29, 1.82) is 0 Å². The number of aromatic hydroxyl groups is 1. The third kappa shape index (κ3) is 6.89. The zero-order chi connectivity index (χ0) is 20.7. The van der Waals surface area contributed by atoms with E-state index in [2.05, 4.69) is 18.9 Å². The minimum atomic E-state index is -0.270. The van der Waals surface area contributed by atoms with Crippen molar-refractivity contribution in [3.63, 3.8) is 0 Å². The minimum absolute atomic E-state index is 0. The van der Waals surface area contributed by atoms with Crippen molar-refractivity contribution in [1.82, 2.24) is 9.78 Å². The number of rotatable bonds is 5. The number of hydrogen-bond donors (Lipinski definition) is 1. The van der Waals surface area contributed by atoms with Crippen LogP contribution in [0, 0.1) is 20.3 Å². The second kappa shape index (κ2) is 13.5. The van der Waals surface area contributed by atoms with E-state index >= 15 is 0 Å². The largest absolute Gasteiger partial charge is 0.505 e. The molecule has 0 atom stereocenters. The van der Waals surface area contributed by atoms with Gasteiger partial charge in [0.15, 0.2) is 5.75 Å². The maximum atomic E-state index is 13.1. The summed E-state index contributed by atoms with van der Waals surface area (Å²) in [6, 6.07) is 17.4. The van der Waals surface area contributed by atoms with Gasteiger partial charge in [-0.1, -0.05) is 82.3 Å². The first kappa shape index (κ1) is 28.2. The van der Waals surface area contributed by atoms with E-state index in [1.165, 1.54) is 4.68 Å². The molecule has 5 heteroatoms. The summed E-state index contributed by atoms with van der Waals surface area (Å²) in [5, 5.41) is 15.3. The monoisotopic (exact) mass is 482 g/mol. The molecule has 1 N–H and O–H groups in total. The molecule has 3 aromatic rings. The molecule has 0 fully saturated rings. The summed E-state index contributed by atoms with van der Waals surface area (Å²) in [4.78, 5) is 13.1. The number of benzene rings is 2. The Hall–Kier alpha value is -1.78. The first-order valence-corrected chi connectivity index (χ1v) is 9.90.